The zero-order valence-electron chi connectivity index (χ0n) is 9.84. The van der Waals surface area contributed by atoms with Crippen LogP contribution in [0.25, 0.3) is 0 Å². The van der Waals surface area contributed by atoms with E-state index in [9.17, 15) is 4.57 Å². The molecule has 4 nitrogen and oxygen atoms in total. The van der Waals surface area contributed by atoms with E-state index in [1.54, 1.807) is 18.4 Å². The van der Waals surface area contributed by atoms with Gasteiger partial charge in [0.15, 0.2) is 6.29 Å². The molecule has 1 aliphatic rings. The third-order valence-electron chi connectivity index (χ3n) is 3.03. The molecular weight excluding hydrogens is 212 g/mol. The van der Waals surface area contributed by atoms with Crippen molar-refractivity contribution >= 4 is 15.1 Å². The first-order valence-electron chi connectivity index (χ1n) is 5.06. The molecule has 86 valence electrons. The third-order valence-corrected chi connectivity index (χ3v) is 6.40. The van der Waals surface area contributed by atoms with Crippen molar-refractivity contribution in [3.05, 3.63) is 0 Å². The summed E-state index contributed by atoms with van der Waals surface area (Å²) in [6.07, 6.45) is 0.953. The molecule has 1 rings (SSSR count). The number of methoxy groups -OCH3 is 1. The summed E-state index contributed by atoms with van der Waals surface area (Å²) in [7, 11) is 8.66. The molecule has 0 saturated carbocycles. The van der Waals surface area contributed by atoms with Gasteiger partial charge < -0.3 is 14.0 Å². The Bertz CT molecular complexity index is 262. The van der Waals surface area contributed by atoms with Crippen molar-refractivity contribution in [1.82, 2.24) is 4.67 Å². The van der Waals surface area contributed by atoms with E-state index in [0.29, 0.717) is 12.8 Å². The lowest BCUT2D eigenvalue weighted by molar-refractivity contribution is -0.157. The number of rotatable bonds is 3. The summed E-state index contributed by atoms with van der Waals surface area (Å²) < 4.78 is 24.7. The Kier molecular flexibility index (Phi) is 4.42. The minimum atomic E-state index is -2.33. The first-order chi connectivity index (χ1) is 6.87. The van der Waals surface area contributed by atoms with Gasteiger partial charge in [-0.2, -0.15) is 0 Å². The van der Waals surface area contributed by atoms with Crippen LogP contribution in [0.5, 0.6) is 0 Å². The van der Waals surface area contributed by atoms with Gasteiger partial charge in [0.25, 0.3) is 0 Å². The van der Waals surface area contributed by atoms with E-state index in [1.807, 2.05) is 14.1 Å². The molecule has 0 N–H and O–H groups in total. The Labute approximate surface area is 93.1 Å². The molecule has 0 aliphatic carbocycles. The normalized spacial score (nSPS) is 36.5. The predicted molar refractivity (Wildman–Crippen MR) is 61.7 cm³/mol. The zero-order valence-corrected chi connectivity index (χ0v) is 10.7. The van der Waals surface area contributed by atoms with Crippen LogP contribution < -0.4 is 0 Å². The summed E-state index contributed by atoms with van der Waals surface area (Å²) in [5.74, 6) is 0. The van der Waals surface area contributed by atoms with E-state index in [4.69, 9.17) is 17.3 Å². The Balaban J connectivity index is 2.73. The van der Waals surface area contributed by atoms with Crippen molar-refractivity contribution in [2.24, 2.45) is 0 Å². The summed E-state index contributed by atoms with van der Waals surface area (Å²) in [4.78, 5) is 0. The SMILES string of the molecule is [B]C1CC(P(C)(=O)N(C)C)CC(OC)O1. The smallest absolute Gasteiger partial charge is 0.157 e. The topological polar surface area (TPSA) is 38.8 Å². The fourth-order valence-electron chi connectivity index (χ4n) is 1.76. The number of nitrogens with zero attached hydrogens (tertiary/aromatic N) is 1. The highest BCUT2D eigenvalue weighted by atomic mass is 31.2. The first kappa shape index (κ1) is 13.2. The lowest BCUT2D eigenvalue weighted by atomic mass is 9.92. The maximum atomic E-state index is 12.4. The van der Waals surface area contributed by atoms with Gasteiger partial charge in [-0.1, -0.05) is 0 Å². The first-order valence-corrected chi connectivity index (χ1v) is 7.24. The molecule has 0 spiro atoms. The van der Waals surface area contributed by atoms with Crippen molar-refractivity contribution in [2.45, 2.75) is 30.8 Å². The van der Waals surface area contributed by atoms with Crippen LogP contribution in [-0.4, -0.2) is 58.3 Å². The molecule has 1 saturated heterocycles. The van der Waals surface area contributed by atoms with Crippen molar-refractivity contribution < 1.29 is 14.0 Å². The minimum absolute atomic E-state index is 0.0567. The maximum absolute atomic E-state index is 12.4. The molecule has 4 atom stereocenters. The quantitative estimate of drug-likeness (QED) is 0.538. The summed E-state index contributed by atoms with van der Waals surface area (Å²) in [6.45, 7) is 1.79. The molecule has 1 heterocycles. The highest BCUT2D eigenvalue weighted by molar-refractivity contribution is 7.61. The summed E-state index contributed by atoms with van der Waals surface area (Å²) >= 11 is 0. The van der Waals surface area contributed by atoms with Crippen LogP contribution in [0.3, 0.4) is 0 Å². The zero-order chi connectivity index (χ0) is 11.6. The van der Waals surface area contributed by atoms with Crippen LogP contribution in [0, 0.1) is 0 Å². The lowest BCUT2D eigenvalue weighted by Crippen LogP contribution is -2.38. The summed E-state index contributed by atoms with van der Waals surface area (Å²) in [5, 5.41) is 0. The van der Waals surface area contributed by atoms with E-state index in [1.165, 1.54) is 0 Å². The molecule has 1 aliphatic heterocycles. The maximum Gasteiger partial charge on any atom is 0.157 e. The van der Waals surface area contributed by atoms with Crippen LogP contribution in [0.1, 0.15) is 12.8 Å². The molecule has 0 aromatic rings. The molecule has 2 radical (unpaired) electrons. The highest BCUT2D eigenvalue weighted by Crippen LogP contribution is 2.53. The van der Waals surface area contributed by atoms with E-state index < -0.39 is 7.29 Å². The Morgan fingerprint density at radius 1 is 1.47 bits per heavy atom. The second-order valence-electron chi connectivity index (χ2n) is 4.26. The average molecular weight is 231 g/mol. The minimum Gasteiger partial charge on any atom is -0.359 e. The average Bonchev–Trinajstić information content (AvgIpc) is 2.16. The van der Waals surface area contributed by atoms with E-state index >= 15 is 0 Å². The molecule has 0 aromatic carbocycles. The van der Waals surface area contributed by atoms with Crippen LogP contribution in [-0.2, 0) is 14.0 Å². The molecule has 0 bridgehead atoms. The second-order valence-corrected chi connectivity index (χ2v) is 7.67. The van der Waals surface area contributed by atoms with Crippen molar-refractivity contribution in [1.29, 1.82) is 0 Å². The van der Waals surface area contributed by atoms with Crippen LogP contribution in [0.15, 0.2) is 0 Å². The number of hydrogen-bond donors (Lipinski definition) is 0. The fraction of sp³-hybridized carbons (Fsp3) is 1.00. The monoisotopic (exact) mass is 231 g/mol. The Morgan fingerprint density at radius 3 is 2.53 bits per heavy atom. The molecule has 1 fully saturated rings. The summed E-state index contributed by atoms with van der Waals surface area (Å²) in [6, 6.07) is -0.373. The van der Waals surface area contributed by atoms with Gasteiger partial charge in [0, 0.05) is 31.9 Å². The Morgan fingerprint density at radius 2 is 2.07 bits per heavy atom. The molecule has 6 heteroatoms. The molecule has 15 heavy (non-hydrogen) atoms. The third kappa shape index (κ3) is 3.07. The van der Waals surface area contributed by atoms with E-state index in [-0.39, 0.29) is 18.0 Å². The standard InChI is InChI=1S/C9H19BNO3P/c1-11(2)15(4,12)7-5-8(10)14-9(6-7)13-3/h7-9H,5-6H2,1-4H3. The van der Waals surface area contributed by atoms with Crippen molar-refractivity contribution in [3.63, 3.8) is 0 Å². The highest BCUT2D eigenvalue weighted by Gasteiger charge is 2.37. The lowest BCUT2D eigenvalue weighted by Gasteiger charge is -2.38. The molecule has 0 amide bonds. The van der Waals surface area contributed by atoms with Gasteiger partial charge in [-0.05, 0) is 20.5 Å². The molecule has 0 aromatic heterocycles. The molecule has 4 unspecified atom stereocenters. The van der Waals surface area contributed by atoms with E-state index in [2.05, 4.69) is 0 Å². The predicted octanol–water partition coefficient (Wildman–Crippen LogP) is 1.10. The summed E-state index contributed by atoms with van der Waals surface area (Å²) in [5.41, 5.74) is 0.0567. The molecular formula is C9H19BNO3P. The number of hydrogen-bond acceptors (Lipinski definition) is 3. The van der Waals surface area contributed by atoms with Gasteiger partial charge in [-0.25, -0.2) is 0 Å². The Hall–Kier alpha value is 0.175. The van der Waals surface area contributed by atoms with Gasteiger partial charge in [0.05, 0.1) is 0 Å². The largest absolute Gasteiger partial charge is 0.359 e. The van der Waals surface area contributed by atoms with Gasteiger partial charge in [0.2, 0.25) is 0 Å². The van der Waals surface area contributed by atoms with Crippen LogP contribution in [0.2, 0.25) is 0 Å². The van der Waals surface area contributed by atoms with Gasteiger partial charge in [-0.3, -0.25) is 4.67 Å². The van der Waals surface area contributed by atoms with Gasteiger partial charge >= 0.3 is 0 Å². The van der Waals surface area contributed by atoms with Crippen molar-refractivity contribution in [3.8, 4) is 0 Å². The van der Waals surface area contributed by atoms with E-state index in [0.717, 1.165) is 0 Å². The second kappa shape index (κ2) is 5.00. The van der Waals surface area contributed by atoms with Crippen molar-refractivity contribution in [2.75, 3.05) is 27.9 Å². The number of ether oxygens (including phenoxy) is 2. The van der Waals surface area contributed by atoms with Gasteiger partial charge in [-0.15, -0.1) is 0 Å². The van der Waals surface area contributed by atoms with Crippen LogP contribution >= 0.6 is 7.29 Å². The fourth-order valence-corrected chi connectivity index (χ4v) is 3.58. The van der Waals surface area contributed by atoms with Crippen LogP contribution in [0.4, 0.5) is 0 Å². The van der Waals surface area contributed by atoms with Gasteiger partial charge in [0.1, 0.15) is 15.1 Å².